The Morgan fingerprint density at radius 3 is 2.18 bits per heavy atom. The summed E-state index contributed by atoms with van der Waals surface area (Å²) in [6.07, 6.45) is -2.71. The number of nitrogens with one attached hydrogen (secondary N) is 5. The minimum absolute atomic E-state index is 0.0159. The maximum Gasteiger partial charge on any atom is 0.417 e. The quantitative estimate of drug-likeness (QED) is 0.0293. The molecule has 0 bridgehead atoms. The van der Waals surface area contributed by atoms with Crippen molar-refractivity contribution in [2.45, 2.75) is 122 Å². The van der Waals surface area contributed by atoms with Crippen molar-refractivity contribution in [3.05, 3.63) is 140 Å². The molecule has 2 aliphatic rings. The number of alkyl halides is 3. The number of hydrogen-bond donors (Lipinski definition) is 6. The minimum atomic E-state index is -5.00. The van der Waals surface area contributed by atoms with E-state index in [2.05, 4.69) is 41.3 Å². The number of amides is 5. The number of carbonyl (C=O) groups excluding carboxylic acids is 5. The van der Waals surface area contributed by atoms with E-state index >= 15 is 4.39 Å². The number of aromatic amines is 1. The van der Waals surface area contributed by atoms with Gasteiger partial charge in [0.2, 0.25) is 23.3 Å². The van der Waals surface area contributed by atoms with Gasteiger partial charge in [0, 0.05) is 80.7 Å². The highest BCUT2D eigenvalue weighted by Crippen LogP contribution is 2.38. The molecule has 2 fully saturated rings. The van der Waals surface area contributed by atoms with Crippen molar-refractivity contribution in [3.63, 3.8) is 0 Å². The fraction of sp³-hybridized carbons (Fsp3) is 0.433. The Bertz CT molecular complexity index is 3350. The van der Waals surface area contributed by atoms with Gasteiger partial charge in [0.1, 0.15) is 23.5 Å². The van der Waals surface area contributed by atoms with Crippen molar-refractivity contribution >= 4 is 52.2 Å². The summed E-state index contributed by atoms with van der Waals surface area (Å²) in [4.78, 5) is 93.6. The van der Waals surface area contributed by atoms with E-state index < -0.39 is 70.5 Å². The summed E-state index contributed by atoms with van der Waals surface area (Å²) in [5.74, 6) is -4.13. The molecule has 0 radical (unpaired) electrons. The maximum absolute atomic E-state index is 16.0. The number of aliphatic hydroxyl groups is 1. The summed E-state index contributed by atoms with van der Waals surface area (Å²) in [5, 5.41) is 26.1. The zero-order chi connectivity index (χ0) is 59.9. The average Bonchev–Trinajstić information content (AvgIpc) is 4.37. The fourth-order valence-corrected chi connectivity index (χ4v) is 11.6. The number of aliphatic hydroxyl groups excluding tert-OH is 1. The molecule has 2 unspecified atom stereocenters. The lowest BCUT2D eigenvalue weighted by molar-refractivity contribution is -0.141. The molecule has 442 valence electrons. The second kappa shape index (κ2) is 26.7. The van der Waals surface area contributed by atoms with Crippen molar-refractivity contribution in [1.29, 1.82) is 0 Å². The van der Waals surface area contributed by atoms with Crippen molar-refractivity contribution in [3.8, 4) is 21.6 Å². The van der Waals surface area contributed by atoms with Gasteiger partial charge in [-0.05, 0) is 94.5 Å². The van der Waals surface area contributed by atoms with Gasteiger partial charge in [-0.25, -0.2) is 9.37 Å². The molecule has 23 heteroatoms. The largest absolute Gasteiger partial charge is 0.417 e. The normalized spacial score (nSPS) is 18.2. The first-order valence-corrected chi connectivity index (χ1v) is 28.6. The topological polar surface area (TPSA) is 235 Å². The van der Waals surface area contributed by atoms with Crippen molar-refractivity contribution in [2.24, 2.45) is 5.92 Å². The molecule has 8 rings (SSSR count). The third kappa shape index (κ3) is 14.9. The number of nitrogens with zero attached hydrogens (tertiary/aromatic N) is 5. The summed E-state index contributed by atoms with van der Waals surface area (Å²) in [6, 6.07) is 16.7. The van der Waals surface area contributed by atoms with Crippen LogP contribution in [0.3, 0.4) is 0 Å². The van der Waals surface area contributed by atoms with Gasteiger partial charge in [0.05, 0.1) is 62.8 Å². The van der Waals surface area contributed by atoms with Crippen LogP contribution in [0.4, 0.5) is 28.9 Å². The number of H-pyrrole nitrogens is 1. The zero-order valence-electron chi connectivity index (χ0n) is 47.4. The Balaban J connectivity index is 0.847. The molecular formula is C60H70F4N10O8S. The van der Waals surface area contributed by atoms with Crippen LogP contribution in [0, 0.1) is 25.6 Å². The zero-order valence-corrected chi connectivity index (χ0v) is 48.2. The van der Waals surface area contributed by atoms with E-state index in [0.717, 1.165) is 22.2 Å². The number of unbranched alkanes of at least 4 members (excludes halogenated alkanes) is 3. The van der Waals surface area contributed by atoms with Gasteiger partial charge in [0.15, 0.2) is 0 Å². The number of β-amino-alcohol motifs (C(OH)–C–C–N with tert-alkyl or cyclic N) is 1. The van der Waals surface area contributed by atoms with Crippen LogP contribution < -0.4 is 31.7 Å². The van der Waals surface area contributed by atoms with Crippen LogP contribution >= 0.6 is 11.3 Å². The summed E-state index contributed by atoms with van der Waals surface area (Å²) in [6.45, 7) is 13.1. The molecule has 5 heterocycles. The second-order valence-electron chi connectivity index (χ2n) is 21.9. The molecule has 2 aliphatic heterocycles. The van der Waals surface area contributed by atoms with Gasteiger partial charge in [0.25, 0.3) is 11.8 Å². The maximum atomic E-state index is 16.0. The van der Waals surface area contributed by atoms with Gasteiger partial charge in [-0.2, -0.15) is 13.2 Å². The number of benzene rings is 3. The summed E-state index contributed by atoms with van der Waals surface area (Å²) >= 11 is 1.50. The molecule has 6 aromatic rings. The van der Waals surface area contributed by atoms with Crippen LogP contribution in [0.25, 0.3) is 21.6 Å². The number of aromatic nitrogens is 3. The van der Waals surface area contributed by atoms with Crippen molar-refractivity contribution < 1.29 is 51.2 Å². The lowest BCUT2D eigenvalue weighted by Gasteiger charge is -2.44. The SMILES string of the molecule is Cc1cc(C(C(=O)N2C[C@H](O)C[C@H]2C(=O)NC(CC(=O)NCCCCCCNC(=O)c2ccc(-c3ccc(N4C[C@@H](C)N(C)[C@@H](C)C4)c(NC(=O)c4c[nH]c(=O)cc4C(F)(F)F)c3)c(F)c2)c2ccc(-c3scnc3C)cc2)C(C)C)on1. The van der Waals surface area contributed by atoms with E-state index in [1.807, 2.05) is 70.8 Å². The number of anilines is 2. The number of thiazole rings is 1. The van der Waals surface area contributed by atoms with E-state index in [1.54, 1.807) is 30.6 Å². The van der Waals surface area contributed by atoms with E-state index in [0.29, 0.717) is 80.3 Å². The van der Waals surface area contributed by atoms with E-state index in [9.17, 15) is 47.0 Å². The van der Waals surface area contributed by atoms with E-state index in [-0.39, 0.29) is 78.1 Å². The Morgan fingerprint density at radius 2 is 1.55 bits per heavy atom. The number of likely N-dealkylation sites (tertiary alicyclic amines) is 1. The van der Waals surface area contributed by atoms with Crippen LogP contribution in [0.1, 0.15) is 127 Å². The van der Waals surface area contributed by atoms with Crippen molar-refractivity contribution in [2.75, 3.05) is 50.0 Å². The number of pyridine rings is 1. The first-order chi connectivity index (χ1) is 39.5. The van der Waals surface area contributed by atoms with Crippen LogP contribution in [0.15, 0.2) is 93.8 Å². The summed E-state index contributed by atoms with van der Waals surface area (Å²) in [5.41, 5.74) is 2.66. The van der Waals surface area contributed by atoms with Crippen molar-refractivity contribution in [1.82, 2.24) is 40.9 Å². The standard InChI is InChI=1S/C60H70F4N10O8S/c1-33(2)54(51-22-34(3)71-82-51)59(81)74-31-42(75)25-50(74)58(80)69-47(38-12-14-39(15-13-38)55-37(6)68-32-83-55)27-53(77)65-20-10-8-9-11-21-66-56(78)41-16-18-43(46(61)23-41)40-17-19-49(73-29-35(4)72(7)36(5)30-73)48(24-40)70-57(79)44-28-67-52(76)26-45(44)60(62,63)64/h12-19,22-24,26,28,32-33,35-36,42,47,50,54,75H,8-11,20-21,25,27,29-31H2,1-7H3,(H,65,77)(H,66,78)(H,67,76)(H,69,80)(H,70,79)/t35-,36+,42-,47?,50+,54?/m1/s1. The second-order valence-corrected chi connectivity index (χ2v) is 22.8. The lowest BCUT2D eigenvalue weighted by atomic mass is 9.91. The van der Waals surface area contributed by atoms with E-state index in [1.165, 1.54) is 34.4 Å². The number of rotatable bonds is 21. The molecule has 6 N–H and O–H groups in total. The van der Waals surface area contributed by atoms with E-state index in [4.69, 9.17) is 4.52 Å². The van der Waals surface area contributed by atoms with Crippen LogP contribution in [-0.2, 0) is 20.6 Å². The van der Waals surface area contributed by atoms with Crippen LogP contribution in [0.5, 0.6) is 0 Å². The van der Waals surface area contributed by atoms with Gasteiger partial charge in [-0.1, -0.05) is 68.2 Å². The number of aryl methyl sites for hydroxylation is 2. The first kappa shape index (κ1) is 61.3. The Labute approximate surface area is 482 Å². The minimum Gasteiger partial charge on any atom is -0.391 e. The monoisotopic (exact) mass is 1170 g/mol. The van der Waals surface area contributed by atoms with Gasteiger partial charge < -0.3 is 45.7 Å². The summed E-state index contributed by atoms with van der Waals surface area (Å²) < 4.78 is 63.5. The van der Waals surface area contributed by atoms with Crippen LogP contribution in [-0.4, -0.2) is 124 Å². The molecule has 83 heavy (non-hydrogen) atoms. The smallest absolute Gasteiger partial charge is 0.391 e. The highest BCUT2D eigenvalue weighted by Gasteiger charge is 2.44. The molecule has 18 nitrogen and oxygen atoms in total. The average molecular weight is 1170 g/mol. The Kier molecular flexibility index (Phi) is 19.7. The third-order valence-corrected chi connectivity index (χ3v) is 16.4. The summed E-state index contributed by atoms with van der Waals surface area (Å²) in [7, 11) is 1.99. The molecule has 0 aliphatic carbocycles. The van der Waals surface area contributed by atoms with Gasteiger partial charge >= 0.3 is 6.18 Å². The number of likely N-dealkylation sites (N-methyl/N-ethyl adjacent to an activating group) is 1. The highest BCUT2D eigenvalue weighted by molar-refractivity contribution is 7.13. The molecule has 0 spiro atoms. The Morgan fingerprint density at radius 1 is 0.867 bits per heavy atom. The lowest BCUT2D eigenvalue weighted by Crippen LogP contribution is -2.55. The highest BCUT2D eigenvalue weighted by atomic mass is 32.1. The number of hydrogen-bond acceptors (Lipinski definition) is 13. The predicted octanol–water partition coefficient (Wildman–Crippen LogP) is 8.76. The number of piperazine rings is 1. The van der Waals surface area contributed by atoms with Gasteiger partial charge in [-0.15, -0.1) is 11.3 Å². The van der Waals surface area contributed by atoms with Crippen LogP contribution in [0.2, 0.25) is 0 Å². The molecule has 2 saturated heterocycles. The molecule has 3 aromatic carbocycles. The Hall–Kier alpha value is -7.76. The molecule has 6 atom stereocenters. The first-order valence-electron chi connectivity index (χ1n) is 27.8. The molecular weight excluding hydrogens is 1100 g/mol. The number of carbonyl (C=O) groups is 5. The predicted molar refractivity (Wildman–Crippen MR) is 307 cm³/mol. The van der Waals surface area contributed by atoms with Gasteiger partial charge in [-0.3, -0.25) is 33.7 Å². The fourth-order valence-electron chi connectivity index (χ4n) is 10.8. The molecule has 0 saturated carbocycles. The molecule has 3 aromatic heterocycles. The third-order valence-electron chi connectivity index (χ3n) is 15.5. The molecule has 5 amide bonds. The number of halogens is 4.